The number of hydrogen-bond donors (Lipinski definition) is 1. The van der Waals surface area contributed by atoms with Gasteiger partial charge in [-0.15, -0.1) is 0 Å². The van der Waals surface area contributed by atoms with Crippen molar-refractivity contribution in [2.45, 2.75) is 0 Å². The molecule has 130 valence electrons. The number of aromatic nitrogens is 1. The Morgan fingerprint density at radius 3 is 2.16 bits per heavy atom. The number of benzene rings is 2. The Morgan fingerprint density at radius 1 is 0.920 bits per heavy atom. The van der Waals surface area contributed by atoms with Crippen LogP contribution in [0.2, 0.25) is 0 Å². The molecule has 0 aliphatic heterocycles. The second-order valence-corrected chi connectivity index (χ2v) is 5.21. The predicted molar refractivity (Wildman–Crippen MR) is 91.4 cm³/mol. The van der Waals surface area contributed by atoms with Crippen LogP contribution in [-0.2, 0) is 0 Å². The van der Waals surface area contributed by atoms with E-state index >= 15 is 0 Å². The van der Waals surface area contributed by atoms with Gasteiger partial charge in [-0.2, -0.15) is 0 Å². The second kappa shape index (κ2) is 6.72. The van der Waals surface area contributed by atoms with Crippen molar-refractivity contribution in [1.82, 2.24) is 4.98 Å². The molecule has 0 saturated carbocycles. The number of nitrogens with zero attached hydrogens (tertiary/aromatic N) is 1. The topological polar surface area (TPSA) is 79.7 Å². The van der Waals surface area contributed by atoms with Gasteiger partial charge < -0.3 is 24.4 Å². The Balaban J connectivity index is 2.13. The highest BCUT2D eigenvalue weighted by Gasteiger charge is 2.18. The van der Waals surface area contributed by atoms with Crippen LogP contribution in [0.5, 0.6) is 17.2 Å². The number of rotatable bonds is 5. The zero-order chi connectivity index (χ0) is 18.0. The fraction of sp³-hybridized carbons (Fsp3) is 0.167. The van der Waals surface area contributed by atoms with Crippen molar-refractivity contribution < 1.29 is 23.0 Å². The van der Waals surface area contributed by atoms with Gasteiger partial charge in [-0.25, -0.2) is 9.37 Å². The van der Waals surface area contributed by atoms with E-state index in [2.05, 4.69) is 4.98 Å². The van der Waals surface area contributed by atoms with Gasteiger partial charge in [-0.3, -0.25) is 0 Å². The first-order chi connectivity index (χ1) is 12.1. The van der Waals surface area contributed by atoms with Crippen LogP contribution < -0.4 is 19.9 Å². The van der Waals surface area contributed by atoms with Gasteiger partial charge in [-0.1, -0.05) is 0 Å². The first-order valence-corrected chi connectivity index (χ1v) is 7.37. The van der Waals surface area contributed by atoms with Crippen LogP contribution >= 0.6 is 0 Å². The normalized spacial score (nSPS) is 10.6. The number of methoxy groups -OCH3 is 3. The molecule has 2 aromatic carbocycles. The molecular weight excluding hydrogens is 327 g/mol. The molecule has 0 aliphatic carbocycles. The van der Waals surface area contributed by atoms with Crippen molar-refractivity contribution in [3.63, 3.8) is 0 Å². The van der Waals surface area contributed by atoms with Crippen LogP contribution in [-0.4, -0.2) is 26.3 Å². The number of ether oxygens (including phenoxy) is 3. The van der Waals surface area contributed by atoms with Crippen molar-refractivity contribution in [3.05, 3.63) is 42.5 Å². The molecule has 2 N–H and O–H groups in total. The zero-order valence-electron chi connectivity index (χ0n) is 14.0. The van der Waals surface area contributed by atoms with E-state index in [4.69, 9.17) is 24.4 Å². The summed E-state index contributed by atoms with van der Waals surface area (Å²) in [4.78, 5) is 4.24. The maximum Gasteiger partial charge on any atom is 0.182 e. The summed E-state index contributed by atoms with van der Waals surface area (Å²) in [5, 5.41) is 0. The van der Waals surface area contributed by atoms with E-state index in [1.54, 1.807) is 38.5 Å². The highest BCUT2D eigenvalue weighted by atomic mass is 19.1. The van der Waals surface area contributed by atoms with E-state index in [9.17, 15) is 4.39 Å². The van der Waals surface area contributed by atoms with Crippen LogP contribution in [0.25, 0.3) is 22.6 Å². The van der Waals surface area contributed by atoms with Gasteiger partial charge in [0.2, 0.25) is 0 Å². The minimum absolute atomic E-state index is 0.00661. The predicted octanol–water partition coefficient (Wildman–Crippen LogP) is 3.76. The van der Waals surface area contributed by atoms with Crippen molar-refractivity contribution in [3.8, 4) is 39.8 Å². The summed E-state index contributed by atoms with van der Waals surface area (Å²) in [6.45, 7) is 0. The molecule has 0 aliphatic rings. The quantitative estimate of drug-likeness (QED) is 0.710. The van der Waals surface area contributed by atoms with E-state index < -0.39 is 5.82 Å². The Labute approximate surface area is 144 Å². The Kier molecular flexibility index (Phi) is 4.47. The first kappa shape index (κ1) is 16.6. The lowest BCUT2D eigenvalue weighted by molar-refractivity contribution is 0.389. The fourth-order valence-electron chi connectivity index (χ4n) is 2.56. The highest BCUT2D eigenvalue weighted by Crippen LogP contribution is 2.38. The van der Waals surface area contributed by atoms with Crippen LogP contribution in [0.4, 0.5) is 10.1 Å². The van der Waals surface area contributed by atoms with Crippen LogP contribution in [0, 0.1) is 5.82 Å². The minimum Gasteiger partial charge on any atom is -0.497 e. The third-order valence-corrected chi connectivity index (χ3v) is 3.73. The molecule has 0 spiro atoms. The molecule has 3 aromatic rings. The molecule has 0 bridgehead atoms. The lowest BCUT2D eigenvalue weighted by atomic mass is 10.0. The first-order valence-electron chi connectivity index (χ1n) is 7.37. The summed E-state index contributed by atoms with van der Waals surface area (Å²) in [6.07, 6.45) is 1.29. The maximum absolute atomic E-state index is 14.2. The highest BCUT2D eigenvalue weighted by molar-refractivity contribution is 5.80. The number of anilines is 1. The van der Waals surface area contributed by atoms with Crippen molar-refractivity contribution in [1.29, 1.82) is 0 Å². The number of halogens is 1. The molecule has 7 heteroatoms. The third kappa shape index (κ3) is 3.08. The monoisotopic (exact) mass is 344 g/mol. The summed E-state index contributed by atoms with van der Waals surface area (Å²) in [6, 6.07) is 8.18. The molecule has 1 heterocycles. The van der Waals surface area contributed by atoms with Gasteiger partial charge in [0.1, 0.15) is 17.2 Å². The van der Waals surface area contributed by atoms with Gasteiger partial charge in [-0.05, 0) is 24.3 Å². The molecule has 0 saturated heterocycles. The van der Waals surface area contributed by atoms with E-state index in [-0.39, 0.29) is 11.4 Å². The van der Waals surface area contributed by atoms with E-state index in [0.29, 0.717) is 34.1 Å². The second-order valence-electron chi connectivity index (χ2n) is 5.21. The average Bonchev–Trinajstić information content (AvgIpc) is 3.10. The number of hydrogen-bond acceptors (Lipinski definition) is 6. The molecule has 0 amide bonds. The largest absolute Gasteiger partial charge is 0.497 e. The fourth-order valence-corrected chi connectivity index (χ4v) is 2.56. The van der Waals surface area contributed by atoms with E-state index in [1.807, 2.05) is 0 Å². The maximum atomic E-state index is 14.2. The third-order valence-electron chi connectivity index (χ3n) is 3.73. The Bertz CT molecular complexity index is 863. The Morgan fingerprint density at radius 2 is 1.60 bits per heavy atom. The summed E-state index contributed by atoms with van der Waals surface area (Å²) >= 11 is 0. The molecular formula is C18H17FN2O4. The van der Waals surface area contributed by atoms with Crippen LogP contribution in [0.15, 0.2) is 41.1 Å². The molecule has 0 unspecified atom stereocenters. The average molecular weight is 344 g/mol. The van der Waals surface area contributed by atoms with Gasteiger partial charge in [0.15, 0.2) is 23.7 Å². The van der Waals surface area contributed by atoms with Crippen LogP contribution in [0.1, 0.15) is 0 Å². The minimum atomic E-state index is -0.580. The van der Waals surface area contributed by atoms with Gasteiger partial charge in [0.25, 0.3) is 0 Å². The molecule has 25 heavy (non-hydrogen) atoms. The lowest BCUT2D eigenvalue weighted by Crippen LogP contribution is -1.96. The summed E-state index contributed by atoms with van der Waals surface area (Å²) < 4.78 is 35.1. The number of oxazole rings is 1. The lowest BCUT2D eigenvalue weighted by Gasteiger charge is -2.10. The zero-order valence-corrected chi connectivity index (χ0v) is 14.0. The van der Waals surface area contributed by atoms with Crippen molar-refractivity contribution >= 4 is 5.69 Å². The van der Waals surface area contributed by atoms with Crippen molar-refractivity contribution in [2.24, 2.45) is 0 Å². The van der Waals surface area contributed by atoms with Crippen molar-refractivity contribution in [2.75, 3.05) is 27.1 Å². The molecule has 0 radical (unpaired) electrons. The summed E-state index contributed by atoms with van der Waals surface area (Å²) in [7, 11) is 4.47. The van der Waals surface area contributed by atoms with Gasteiger partial charge >= 0.3 is 0 Å². The Hall–Kier alpha value is -3.22. The number of nitrogen functional groups attached to an aromatic ring is 1. The molecule has 0 atom stereocenters. The van der Waals surface area contributed by atoms with Crippen LogP contribution in [0.3, 0.4) is 0 Å². The molecule has 3 rings (SSSR count). The van der Waals surface area contributed by atoms with E-state index in [0.717, 1.165) is 0 Å². The smallest absolute Gasteiger partial charge is 0.182 e. The SMILES string of the molecule is COc1cc(OC)cc(-c2ncoc2-c2cc(N)c(OC)c(F)c2)c1. The summed E-state index contributed by atoms with van der Waals surface area (Å²) in [5.41, 5.74) is 7.69. The van der Waals surface area contributed by atoms with Gasteiger partial charge in [0, 0.05) is 17.2 Å². The molecule has 0 fully saturated rings. The molecule has 6 nitrogen and oxygen atoms in total. The number of nitrogens with two attached hydrogens (primary N) is 1. The molecule has 1 aromatic heterocycles. The van der Waals surface area contributed by atoms with E-state index in [1.165, 1.54) is 19.6 Å². The standard InChI is InChI=1S/C18H17FN2O4/c1-22-12-4-10(5-13(8-12)23-2)16-17(25-9-21-16)11-6-14(19)18(24-3)15(20)7-11/h4-9H,20H2,1-3H3. The summed E-state index contributed by atoms with van der Waals surface area (Å²) in [5.74, 6) is 0.993. The van der Waals surface area contributed by atoms with Gasteiger partial charge in [0.05, 0.1) is 27.0 Å².